The predicted molar refractivity (Wildman–Crippen MR) is 97.5 cm³/mol. The normalized spacial score (nSPS) is 10.7. The van der Waals surface area contributed by atoms with Crippen LogP contribution in [-0.4, -0.2) is 17.5 Å². The van der Waals surface area contributed by atoms with Gasteiger partial charge in [-0.25, -0.2) is 9.13 Å². The summed E-state index contributed by atoms with van der Waals surface area (Å²) < 4.78 is 9.11. The Bertz CT molecular complexity index is 885. The number of hydrogen-bond acceptors (Lipinski definition) is 2. The van der Waals surface area contributed by atoms with Crippen LogP contribution in [0.5, 0.6) is 5.75 Å². The molecule has 4 heteroatoms. The quantitative estimate of drug-likeness (QED) is 0.528. The molecule has 2 aromatic carbocycles. The molecule has 0 aliphatic carbocycles. The van der Waals surface area contributed by atoms with Gasteiger partial charge in [0.05, 0.1) is 7.11 Å². The third kappa shape index (κ3) is 3.63. The maximum atomic E-state index is 12.5. The van der Waals surface area contributed by atoms with Crippen LogP contribution >= 0.6 is 0 Å². The molecule has 0 aliphatic rings. The van der Waals surface area contributed by atoms with Gasteiger partial charge in [-0.2, -0.15) is 0 Å². The molecule has 25 heavy (non-hydrogen) atoms. The first-order valence-electron chi connectivity index (χ1n) is 8.30. The van der Waals surface area contributed by atoms with Gasteiger partial charge in [-0.05, 0) is 56.2 Å². The standard InChI is InChI=1S/C21H23N2O2/c1-15-11-16(2)21(17(3)12-15)23-10-9-22(14-23)13-20(24)18-5-7-19(25-4)8-6-18/h5-12,14H,13H2,1-4H3/q+1. The molecule has 0 N–H and O–H groups in total. The molecule has 1 heterocycles. The van der Waals surface area contributed by atoms with Gasteiger partial charge in [-0.3, -0.25) is 4.79 Å². The number of aryl methyl sites for hydroxylation is 3. The molecule has 4 nitrogen and oxygen atoms in total. The molecule has 0 aliphatic heterocycles. The van der Waals surface area contributed by atoms with E-state index in [1.807, 2.05) is 35.4 Å². The van der Waals surface area contributed by atoms with E-state index in [0.717, 1.165) is 5.75 Å². The van der Waals surface area contributed by atoms with Crippen LogP contribution in [0.3, 0.4) is 0 Å². The van der Waals surface area contributed by atoms with Gasteiger partial charge >= 0.3 is 0 Å². The van der Waals surface area contributed by atoms with Gasteiger partial charge in [0.15, 0.2) is 6.54 Å². The number of hydrogen-bond donors (Lipinski definition) is 0. The summed E-state index contributed by atoms with van der Waals surface area (Å²) in [6, 6.07) is 11.6. The topological polar surface area (TPSA) is 35.1 Å². The van der Waals surface area contributed by atoms with Crippen molar-refractivity contribution < 1.29 is 14.1 Å². The fourth-order valence-electron chi connectivity index (χ4n) is 3.23. The van der Waals surface area contributed by atoms with Crippen molar-refractivity contribution in [1.82, 2.24) is 4.57 Å². The van der Waals surface area contributed by atoms with Gasteiger partial charge in [-0.1, -0.05) is 17.7 Å². The van der Waals surface area contributed by atoms with E-state index in [9.17, 15) is 4.79 Å². The number of nitrogens with zero attached hydrogens (tertiary/aromatic N) is 2. The molecular formula is C21H23N2O2+. The smallest absolute Gasteiger partial charge is 0.249 e. The molecule has 3 rings (SSSR count). The highest BCUT2D eigenvalue weighted by Crippen LogP contribution is 2.20. The summed E-state index contributed by atoms with van der Waals surface area (Å²) in [4.78, 5) is 12.5. The minimum atomic E-state index is 0.0720. The largest absolute Gasteiger partial charge is 0.497 e. The maximum absolute atomic E-state index is 12.5. The molecular weight excluding hydrogens is 312 g/mol. The van der Waals surface area contributed by atoms with E-state index >= 15 is 0 Å². The molecule has 0 spiro atoms. The average molecular weight is 335 g/mol. The van der Waals surface area contributed by atoms with Crippen LogP contribution in [-0.2, 0) is 6.54 Å². The van der Waals surface area contributed by atoms with Crippen molar-refractivity contribution in [2.45, 2.75) is 27.3 Å². The first kappa shape index (κ1) is 17.0. The Kier molecular flexibility index (Phi) is 4.70. The van der Waals surface area contributed by atoms with Crippen molar-refractivity contribution >= 4 is 5.78 Å². The molecule has 0 bridgehead atoms. The lowest BCUT2D eigenvalue weighted by Crippen LogP contribution is -2.35. The summed E-state index contributed by atoms with van der Waals surface area (Å²) in [6.45, 7) is 6.64. The van der Waals surface area contributed by atoms with E-state index in [2.05, 4.69) is 37.5 Å². The highest BCUT2D eigenvalue weighted by molar-refractivity contribution is 5.95. The highest BCUT2D eigenvalue weighted by Gasteiger charge is 2.15. The Morgan fingerprint density at radius 2 is 1.72 bits per heavy atom. The van der Waals surface area contributed by atoms with Gasteiger partial charge in [-0.15, -0.1) is 0 Å². The summed E-state index contributed by atoms with van der Waals surface area (Å²) >= 11 is 0. The van der Waals surface area contributed by atoms with Crippen LogP contribution in [0.2, 0.25) is 0 Å². The van der Waals surface area contributed by atoms with Crippen molar-refractivity contribution in [3.8, 4) is 11.4 Å². The molecule has 0 saturated carbocycles. The Labute approximate surface area is 148 Å². The second-order valence-electron chi connectivity index (χ2n) is 6.39. The zero-order chi connectivity index (χ0) is 18.0. The number of carbonyl (C=O) groups is 1. The third-order valence-corrected chi connectivity index (χ3v) is 4.32. The molecule has 0 atom stereocenters. The second kappa shape index (κ2) is 6.93. The highest BCUT2D eigenvalue weighted by atomic mass is 16.5. The lowest BCUT2D eigenvalue weighted by Gasteiger charge is -2.07. The van der Waals surface area contributed by atoms with Crippen LogP contribution in [0.1, 0.15) is 27.0 Å². The Morgan fingerprint density at radius 1 is 1.08 bits per heavy atom. The van der Waals surface area contributed by atoms with E-state index in [1.165, 1.54) is 22.4 Å². The maximum Gasteiger partial charge on any atom is 0.249 e. The van der Waals surface area contributed by atoms with Crippen molar-refractivity contribution in [3.05, 3.63) is 77.4 Å². The third-order valence-electron chi connectivity index (χ3n) is 4.32. The summed E-state index contributed by atoms with van der Waals surface area (Å²) in [5.74, 6) is 0.823. The van der Waals surface area contributed by atoms with Crippen LogP contribution < -0.4 is 9.30 Å². The van der Waals surface area contributed by atoms with Gasteiger partial charge in [0.1, 0.15) is 23.8 Å². The SMILES string of the molecule is COc1ccc(C(=O)C[n+]2ccn(-c3c(C)cc(C)cc3C)c2)cc1. The van der Waals surface area contributed by atoms with E-state index in [-0.39, 0.29) is 5.78 Å². The molecule has 0 amide bonds. The zero-order valence-electron chi connectivity index (χ0n) is 15.1. The van der Waals surface area contributed by atoms with Gasteiger partial charge < -0.3 is 4.74 Å². The van der Waals surface area contributed by atoms with Crippen molar-refractivity contribution in [2.75, 3.05) is 7.11 Å². The molecule has 1 aromatic heterocycles. The first-order chi connectivity index (χ1) is 12.0. The lowest BCUT2D eigenvalue weighted by molar-refractivity contribution is -0.682. The minimum Gasteiger partial charge on any atom is -0.497 e. The van der Waals surface area contributed by atoms with Gasteiger partial charge in [0.2, 0.25) is 12.1 Å². The monoisotopic (exact) mass is 335 g/mol. The molecule has 0 fully saturated rings. The molecule has 3 aromatic rings. The molecule has 0 saturated heterocycles. The van der Waals surface area contributed by atoms with Crippen molar-refractivity contribution in [2.24, 2.45) is 0 Å². The van der Waals surface area contributed by atoms with Gasteiger partial charge in [0, 0.05) is 5.56 Å². The zero-order valence-corrected chi connectivity index (χ0v) is 15.1. The number of aromatic nitrogens is 2. The number of methoxy groups -OCH3 is 1. The molecule has 0 unspecified atom stereocenters. The summed E-state index contributed by atoms with van der Waals surface area (Å²) in [5.41, 5.74) is 5.56. The van der Waals surface area contributed by atoms with Crippen LogP contribution in [0.25, 0.3) is 5.69 Å². The van der Waals surface area contributed by atoms with E-state index < -0.39 is 0 Å². The van der Waals surface area contributed by atoms with E-state index in [0.29, 0.717) is 12.1 Å². The number of carbonyl (C=O) groups excluding carboxylic acids is 1. The predicted octanol–water partition coefficient (Wildman–Crippen LogP) is 3.58. The minimum absolute atomic E-state index is 0.0720. The van der Waals surface area contributed by atoms with Crippen LogP contribution in [0.15, 0.2) is 55.1 Å². The number of ketones is 1. The Hall–Kier alpha value is -2.88. The Balaban J connectivity index is 1.81. The number of imidazole rings is 1. The summed E-state index contributed by atoms with van der Waals surface area (Å²) in [6.07, 6.45) is 5.89. The summed E-state index contributed by atoms with van der Waals surface area (Å²) in [7, 11) is 1.62. The fraction of sp³-hybridized carbons (Fsp3) is 0.238. The fourth-order valence-corrected chi connectivity index (χ4v) is 3.23. The second-order valence-corrected chi connectivity index (χ2v) is 6.39. The van der Waals surface area contributed by atoms with Crippen molar-refractivity contribution in [1.29, 1.82) is 0 Å². The number of benzene rings is 2. The lowest BCUT2D eigenvalue weighted by atomic mass is 10.1. The van der Waals surface area contributed by atoms with Crippen LogP contribution in [0.4, 0.5) is 0 Å². The average Bonchev–Trinajstić information content (AvgIpc) is 3.02. The summed E-state index contributed by atoms with van der Waals surface area (Å²) in [5, 5.41) is 0. The number of rotatable bonds is 5. The Morgan fingerprint density at radius 3 is 2.32 bits per heavy atom. The van der Waals surface area contributed by atoms with Gasteiger partial charge in [0.25, 0.3) is 0 Å². The van der Waals surface area contributed by atoms with E-state index in [1.54, 1.807) is 19.2 Å². The molecule has 128 valence electrons. The van der Waals surface area contributed by atoms with E-state index in [4.69, 9.17) is 4.74 Å². The first-order valence-corrected chi connectivity index (χ1v) is 8.30. The number of ether oxygens (including phenoxy) is 1. The van der Waals surface area contributed by atoms with Crippen molar-refractivity contribution in [3.63, 3.8) is 0 Å². The molecule has 0 radical (unpaired) electrons. The van der Waals surface area contributed by atoms with Crippen LogP contribution in [0, 0.1) is 20.8 Å². The number of Topliss-reactive ketones (excluding diaryl/α,β-unsaturated/α-hetero) is 1.